The molecule has 9 nitrogen and oxygen atoms in total. The maximum Gasteiger partial charge on any atom is 0.269 e. The van der Waals surface area contributed by atoms with Gasteiger partial charge in [0.15, 0.2) is 5.16 Å². The average molecular weight is 373 g/mol. The van der Waals surface area contributed by atoms with Crippen molar-refractivity contribution in [1.29, 1.82) is 0 Å². The SMILES string of the molecule is CCCc1cc(=O)[nH]c(SCc2nc(-c3ccc([N+](=O)[O-])cc3)no2)n1. The van der Waals surface area contributed by atoms with Gasteiger partial charge in [-0.1, -0.05) is 30.3 Å². The van der Waals surface area contributed by atoms with Crippen molar-refractivity contribution < 1.29 is 9.45 Å². The molecular formula is C16H15N5O4S. The van der Waals surface area contributed by atoms with Gasteiger partial charge in [-0.05, 0) is 18.6 Å². The summed E-state index contributed by atoms with van der Waals surface area (Å²) in [6.45, 7) is 2.02. The van der Waals surface area contributed by atoms with Crippen LogP contribution in [0.3, 0.4) is 0 Å². The number of nitro benzene ring substituents is 1. The van der Waals surface area contributed by atoms with Crippen molar-refractivity contribution in [3.63, 3.8) is 0 Å². The van der Waals surface area contributed by atoms with Crippen LogP contribution < -0.4 is 5.56 Å². The molecule has 3 rings (SSSR count). The molecule has 0 aliphatic rings. The quantitative estimate of drug-likeness (QED) is 0.290. The van der Waals surface area contributed by atoms with Gasteiger partial charge < -0.3 is 9.51 Å². The lowest BCUT2D eigenvalue weighted by atomic mass is 10.2. The van der Waals surface area contributed by atoms with Crippen LogP contribution in [0, 0.1) is 10.1 Å². The van der Waals surface area contributed by atoms with Crippen LogP contribution in [0.15, 0.2) is 44.8 Å². The lowest BCUT2D eigenvalue weighted by molar-refractivity contribution is -0.384. The fraction of sp³-hybridized carbons (Fsp3) is 0.250. The number of thioether (sulfide) groups is 1. The number of aryl methyl sites for hydroxylation is 1. The van der Waals surface area contributed by atoms with Crippen molar-refractivity contribution in [3.8, 4) is 11.4 Å². The van der Waals surface area contributed by atoms with E-state index in [1.54, 1.807) is 12.1 Å². The van der Waals surface area contributed by atoms with Crippen LogP contribution >= 0.6 is 11.8 Å². The number of aromatic amines is 1. The topological polar surface area (TPSA) is 128 Å². The first-order valence-corrected chi connectivity index (χ1v) is 8.84. The van der Waals surface area contributed by atoms with E-state index in [4.69, 9.17) is 4.52 Å². The minimum atomic E-state index is -0.470. The van der Waals surface area contributed by atoms with Crippen LogP contribution in [-0.2, 0) is 12.2 Å². The smallest absolute Gasteiger partial charge is 0.269 e. The molecule has 3 aromatic rings. The molecule has 1 aromatic carbocycles. The van der Waals surface area contributed by atoms with E-state index < -0.39 is 4.92 Å². The molecule has 0 saturated heterocycles. The zero-order chi connectivity index (χ0) is 18.5. The van der Waals surface area contributed by atoms with E-state index in [0.29, 0.717) is 28.2 Å². The van der Waals surface area contributed by atoms with Crippen molar-refractivity contribution in [2.24, 2.45) is 0 Å². The van der Waals surface area contributed by atoms with Crippen LogP contribution in [0.1, 0.15) is 24.9 Å². The number of nitro groups is 1. The van der Waals surface area contributed by atoms with Crippen LogP contribution in [0.25, 0.3) is 11.4 Å². The second-order valence-electron chi connectivity index (χ2n) is 5.40. The average Bonchev–Trinajstić information content (AvgIpc) is 3.09. The van der Waals surface area contributed by atoms with Crippen molar-refractivity contribution in [1.82, 2.24) is 20.1 Å². The molecule has 0 atom stereocenters. The van der Waals surface area contributed by atoms with Gasteiger partial charge in [-0.3, -0.25) is 14.9 Å². The molecule has 0 radical (unpaired) electrons. The van der Waals surface area contributed by atoms with E-state index in [1.165, 1.54) is 30.0 Å². The third-order valence-electron chi connectivity index (χ3n) is 3.42. The number of rotatable bonds is 7. The molecule has 134 valence electrons. The minimum Gasteiger partial charge on any atom is -0.338 e. The van der Waals surface area contributed by atoms with Crippen molar-refractivity contribution >= 4 is 17.4 Å². The molecule has 0 saturated carbocycles. The van der Waals surface area contributed by atoms with Gasteiger partial charge in [0, 0.05) is 29.5 Å². The minimum absolute atomic E-state index is 0.00462. The maximum absolute atomic E-state index is 11.7. The van der Waals surface area contributed by atoms with Gasteiger partial charge in [0.05, 0.1) is 10.7 Å². The van der Waals surface area contributed by atoms with Crippen LogP contribution in [-0.4, -0.2) is 25.0 Å². The molecule has 1 N–H and O–H groups in total. The lowest BCUT2D eigenvalue weighted by Gasteiger charge is -2.01. The van der Waals surface area contributed by atoms with Gasteiger partial charge in [-0.25, -0.2) is 4.98 Å². The Balaban J connectivity index is 1.69. The lowest BCUT2D eigenvalue weighted by Crippen LogP contribution is -2.09. The summed E-state index contributed by atoms with van der Waals surface area (Å²) < 4.78 is 5.19. The maximum atomic E-state index is 11.7. The summed E-state index contributed by atoms with van der Waals surface area (Å²) in [6, 6.07) is 7.38. The molecule has 0 spiro atoms. The van der Waals surface area contributed by atoms with E-state index in [0.717, 1.165) is 18.5 Å². The summed E-state index contributed by atoms with van der Waals surface area (Å²) in [7, 11) is 0. The predicted octanol–water partition coefficient (Wildman–Crippen LogP) is 2.97. The van der Waals surface area contributed by atoms with Gasteiger partial charge in [0.2, 0.25) is 11.7 Å². The third-order valence-corrected chi connectivity index (χ3v) is 4.27. The molecule has 0 aliphatic carbocycles. The van der Waals surface area contributed by atoms with Gasteiger partial charge in [0.1, 0.15) is 0 Å². The molecule has 0 aliphatic heterocycles. The standard InChI is InChI=1S/C16H15N5O4S/c1-2-3-11-8-13(22)18-16(17-11)26-9-14-19-15(20-25-14)10-4-6-12(7-5-10)21(23)24/h4-8H,2-3,9H2,1H3,(H,17,18,22). The molecule has 26 heavy (non-hydrogen) atoms. The van der Waals surface area contributed by atoms with E-state index >= 15 is 0 Å². The Morgan fingerprint density at radius 2 is 2.04 bits per heavy atom. The van der Waals surface area contributed by atoms with Gasteiger partial charge >= 0.3 is 0 Å². The molecular weight excluding hydrogens is 358 g/mol. The highest BCUT2D eigenvalue weighted by Crippen LogP contribution is 2.22. The molecule has 2 aromatic heterocycles. The first-order chi connectivity index (χ1) is 12.5. The highest BCUT2D eigenvalue weighted by molar-refractivity contribution is 7.98. The van der Waals surface area contributed by atoms with E-state index in [9.17, 15) is 14.9 Å². The zero-order valence-electron chi connectivity index (χ0n) is 13.8. The second kappa shape index (κ2) is 7.91. The van der Waals surface area contributed by atoms with E-state index in [2.05, 4.69) is 20.1 Å². The Kier molecular flexibility index (Phi) is 5.42. The highest BCUT2D eigenvalue weighted by atomic mass is 32.2. The van der Waals surface area contributed by atoms with Gasteiger partial charge in [-0.15, -0.1) is 0 Å². The van der Waals surface area contributed by atoms with Gasteiger partial charge in [0.25, 0.3) is 11.2 Å². The van der Waals surface area contributed by atoms with Gasteiger partial charge in [-0.2, -0.15) is 4.98 Å². The molecule has 0 bridgehead atoms. The predicted molar refractivity (Wildman–Crippen MR) is 94.8 cm³/mol. The number of non-ortho nitro benzene ring substituents is 1. The summed E-state index contributed by atoms with van der Waals surface area (Å²) in [5.41, 5.74) is 1.17. The molecule has 2 heterocycles. The number of hydrogen-bond donors (Lipinski definition) is 1. The summed E-state index contributed by atoms with van der Waals surface area (Å²) in [5, 5.41) is 15.1. The van der Waals surface area contributed by atoms with E-state index in [-0.39, 0.29) is 11.2 Å². The summed E-state index contributed by atoms with van der Waals surface area (Å²) in [6.07, 6.45) is 1.64. The normalized spacial score (nSPS) is 10.8. The largest absolute Gasteiger partial charge is 0.338 e. The van der Waals surface area contributed by atoms with Crippen molar-refractivity contribution in [2.45, 2.75) is 30.7 Å². The summed E-state index contributed by atoms with van der Waals surface area (Å²) >= 11 is 1.29. The van der Waals surface area contributed by atoms with Crippen LogP contribution in [0.5, 0.6) is 0 Å². The molecule has 10 heteroatoms. The Labute approximate surface area is 152 Å². The zero-order valence-corrected chi connectivity index (χ0v) is 14.7. The number of nitrogens with one attached hydrogen (secondary N) is 1. The number of benzene rings is 1. The number of hydrogen-bond acceptors (Lipinski definition) is 8. The van der Waals surface area contributed by atoms with Crippen molar-refractivity contribution in [3.05, 3.63) is 62.4 Å². The monoisotopic (exact) mass is 373 g/mol. The molecule has 0 fully saturated rings. The van der Waals surface area contributed by atoms with E-state index in [1.807, 2.05) is 6.92 Å². The number of nitrogens with zero attached hydrogens (tertiary/aromatic N) is 4. The summed E-state index contributed by atoms with van der Waals surface area (Å²) in [4.78, 5) is 33.2. The Morgan fingerprint density at radius 1 is 1.27 bits per heavy atom. The molecule has 0 unspecified atom stereocenters. The summed E-state index contributed by atoms with van der Waals surface area (Å²) in [5.74, 6) is 1.06. The van der Waals surface area contributed by atoms with Crippen LogP contribution in [0.4, 0.5) is 5.69 Å². The Morgan fingerprint density at radius 3 is 2.73 bits per heavy atom. The first kappa shape index (κ1) is 17.8. The Hall–Kier alpha value is -3.01. The Bertz CT molecular complexity index is 967. The number of H-pyrrole nitrogens is 1. The number of aromatic nitrogens is 4. The fourth-order valence-corrected chi connectivity index (χ4v) is 2.96. The van der Waals surface area contributed by atoms with Crippen LogP contribution in [0.2, 0.25) is 0 Å². The first-order valence-electron chi connectivity index (χ1n) is 7.85. The third kappa shape index (κ3) is 4.33. The second-order valence-corrected chi connectivity index (χ2v) is 6.36. The highest BCUT2D eigenvalue weighted by Gasteiger charge is 2.12. The molecule has 0 amide bonds. The van der Waals surface area contributed by atoms with Crippen molar-refractivity contribution in [2.75, 3.05) is 0 Å². The fourth-order valence-electron chi connectivity index (χ4n) is 2.23.